The number of methoxy groups -OCH3 is 1. The van der Waals surface area contributed by atoms with Gasteiger partial charge in [0.1, 0.15) is 18.1 Å². The third-order valence-electron chi connectivity index (χ3n) is 4.85. The van der Waals surface area contributed by atoms with Crippen LogP contribution in [0.15, 0.2) is 59.8 Å². The van der Waals surface area contributed by atoms with E-state index in [1.165, 1.54) is 0 Å². The number of nitrogens with one attached hydrogen (secondary N) is 2. The molecular weight excluding hydrogens is 428 g/mol. The number of esters is 2. The monoisotopic (exact) mass is 454 g/mol. The van der Waals surface area contributed by atoms with Gasteiger partial charge in [0.05, 0.1) is 43.2 Å². The molecule has 1 unspecified atom stereocenters. The molecular formula is C24H26N2O7. The molecule has 0 radical (unpaired) electrons. The van der Waals surface area contributed by atoms with Gasteiger partial charge in [0.25, 0.3) is 0 Å². The summed E-state index contributed by atoms with van der Waals surface area (Å²) in [4.78, 5) is 37.6. The lowest BCUT2D eigenvalue weighted by molar-refractivity contribution is -0.139. The van der Waals surface area contributed by atoms with Crippen molar-refractivity contribution in [1.29, 1.82) is 0 Å². The lowest BCUT2D eigenvalue weighted by Gasteiger charge is -2.29. The van der Waals surface area contributed by atoms with Crippen LogP contribution in [0.1, 0.15) is 35.8 Å². The molecule has 0 aromatic heterocycles. The largest absolute Gasteiger partial charge is 0.497 e. The van der Waals surface area contributed by atoms with Crippen molar-refractivity contribution in [3.05, 3.63) is 70.9 Å². The van der Waals surface area contributed by atoms with E-state index < -0.39 is 24.0 Å². The molecule has 33 heavy (non-hydrogen) atoms. The van der Waals surface area contributed by atoms with Crippen molar-refractivity contribution >= 4 is 18.0 Å². The van der Waals surface area contributed by atoms with Crippen LogP contribution in [0.5, 0.6) is 11.5 Å². The molecule has 0 saturated carbocycles. The third-order valence-corrected chi connectivity index (χ3v) is 4.85. The van der Waals surface area contributed by atoms with E-state index in [0.717, 1.165) is 0 Å². The summed E-state index contributed by atoms with van der Waals surface area (Å²) in [7, 11) is 1.54. The van der Waals surface area contributed by atoms with Crippen molar-refractivity contribution < 1.29 is 33.3 Å². The Bertz CT molecular complexity index is 1030. The number of rotatable bonds is 9. The minimum absolute atomic E-state index is 0.144. The minimum atomic E-state index is -0.789. The Balaban J connectivity index is 1.86. The second kappa shape index (κ2) is 11.0. The molecule has 3 rings (SSSR count). The summed E-state index contributed by atoms with van der Waals surface area (Å²) in [5.41, 5.74) is 1.26. The highest BCUT2D eigenvalue weighted by atomic mass is 16.5. The van der Waals surface area contributed by atoms with Crippen LogP contribution in [0.2, 0.25) is 0 Å². The number of urea groups is 1. The maximum absolute atomic E-state index is 12.8. The quantitative estimate of drug-likeness (QED) is 0.560. The third kappa shape index (κ3) is 5.82. The number of carbonyl (C=O) groups is 3. The van der Waals surface area contributed by atoms with Crippen molar-refractivity contribution in [3.63, 3.8) is 0 Å². The van der Waals surface area contributed by atoms with Crippen LogP contribution >= 0.6 is 0 Å². The van der Waals surface area contributed by atoms with Crippen LogP contribution in [0, 0.1) is 0 Å². The molecule has 0 spiro atoms. The zero-order chi connectivity index (χ0) is 23.8. The molecule has 2 aromatic carbocycles. The first-order chi connectivity index (χ1) is 16.0. The van der Waals surface area contributed by atoms with Gasteiger partial charge >= 0.3 is 18.0 Å². The molecule has 9 heteroatoms. The zero-order valence-corrected chi connectivity index (χ0v) is 18.7. The number of amides is 2. The van der Waals surface area contributed by atoms with Crippen molar-refractivity contribution in [3.8, 4) is 11.5 Å². The number of benzene rings is 2. The Labute approximate surface area is 191 Å². The van der Waals surface area contributed by atoms with E-state index in [1.807, 2.05) is 6.92 Å². The molecule has 9 nitrogen and oxygen atoms in total. The summed E-state index contributed by atoms with van der Waals surface area (Å²) >= 11 is 0. The van der Waals surface area contributed by atoms with E-state index in [0.29, 0.717) is 29.2 Å². The zero-order valence-electron chi connectivity index (χ0n) is 18.7. The van der Waals surface area contributed by atoms with Gasteiger partial charge in [0, 0.05) is 0 Å². The van der Waals surface area contributed by atoms with Gasteiger partial charge in [0.15, 0.2) is 0 Å². The fraction of sp³-hybridized carbons (Fsp3) is 0.292. The van der Waals surface area contributed by atoms with Crippen LogP contribution in [0.3, 0.4) is 0 Å². The predicted molar refractivity (Wildman–Crippen MR) is 119 cm³/mol. The summed E-state index contributed by atoms with van der Waals surface area (Å²) in [6.07, 6.45) is 0. The van der Waals surface area contributed by atoms with Crippen LogP contribution in [0.4, 0.5) is 4.79 Å². The first-order valence-electron chi connectivity index (χ1n) is 10.5. The van der Waals surface area contributed by atoms with Crippen molar-refractivity contribution in [2.45, 2.75) is 19.9 Å². The minimum Gasteiger partial charge on any atom is -0.497 e. The smallest absolute Gasteiger partial charge is 0.338 e. The van der Waals surface area contributed by atoms with Gasteiger partial charge in [-0.05, 0) is 55.8 Å². The van der Waals surface area contributed by atoms with Gasteiger partial charge in [-0.3, -0.25) is 0 Å². The molecule has 0 bridgehead atoms. The normalized spacial score (nSPS) is 15.2. The fourth-order valence-electron chi connectivity index (χ4n) is 3.30. The summed E-state index contributed by atoms with van der Waals surface area (Å²) < 4.78 is 21.1. The molecule has 1 heterocycles. The van der Waals surface area contributed by atoms with Gasteiger partial charge in [-0.1, -0.05) is 12.1 Å². The summed E-state index contributed by atoms with van der Waals surface area (Å²) in [5, 5.41) is 5.29. The molecule has 2 aromatic rings. The Morgan fingerprint density at radius 2 is 1.55 bits per heavy atom. The van der Waals surface area contributed by atoms with Crippen LogP contribution in [-0.2, 0) is 14.3 Å². The highest BCUT2D eigenvalue weighted by Crippen LogP contribution is 2.29. The van der Waals surface area contributed by atoms with E-state index in [1.54, 1.807) is 62.6 Å². The summed E-state index contributed by atoms with van der Waals surface area (Å²) in [6.45, 7) is 3.88. The molecule has 0 saturated heterocycles. The Morgan fingerprint density at radius 3 is 2.15 bits per heavy atom. The van der Waals surface area contributed by atoms with Crippen LogP contribution in [-0.4, -0.2) is 44.9 Å². The van der Waals surface area contributed by atoms with Gasteiger partial charge in [-0.2, -0.15) is 0 Å². The van der Waals surface area contributed by atoms with E-state index in [9.17, 15) is 14.4 Å². The second-order valence-electron chi connectivity index (χ2n) is 6.95. The predicted octanol–water partition coefficient (Wildman–Crippen LogP) is 3.12. The molecule has 2 amide bonds. The SMILES string of the molecule is CCOC(=O)C1=C(COC(=O)c2ccc(OCC)cc2)NC(=O)NC1c1ccc(OC)cc1. The van der Waals surface area contributed by atoms with E-state index >= 15 is 0 Å². The van der Waals surface area contributed by atoms with Crippen molar-refractivity contribution in [2.75, 3.05) is 26.9 Å². The van der Waals surface area contributed by atoms with Gasteiger partial charge in [-0.15, -0.1) is 0 Å². The van der Waals surface area contributed by atoms with Crippen molar-refractivity contribution in [2.24, 2.45) is 0 Å². The van der Waals surface area contributed by atoms with Gasteiger partial charge in [-0.25, -0.2) is 14.4 Å². The number of carbonyl (C=O) groups excluding carboxylic acids is 3. The maximum atomic E-state index is 12.8. The molecule has 0 fully saturated rings. The highest BCUT2D eigenvalue weighted by Gasteiger charge is 2.34. The highest BCUT2D eigenvalue weighted by molar-refractivity contribution is 5.95. The summed E-state index contributed by atoms with van der Waals surface area (Å²) in [5.74, 6) is 0.0277. The topological polar surface area (TPSA) is 112 Å². The Kier molecular flexibility index (Phi) is 7.91. The van der Waals surface area contributed by atoms with E-state index in [2.05, 4.69) is 10.6 Å². The van der Waals surface area contributed by atoms with Crippen LogP contribution in [0.25, 0.3) is 0 Å². The lowest BCUT2D eigenvalue weighted by Crippen LogP contribution is -2.47. The fourth-order valence-corrected chi connectivity index (χ4v) is 3.30. The Hall–Kier alpha value is -4.01. The first-order valence-corrected chi connectivity index (χ1v) is 10.5. The molecule has 1 atom stereocenters. The Morgan fingerprint density at radius 1 is 0.879 bits per heavy atom. The van der Waals surface area contributed by atoms with E-state index in [-0.39, 0.29) is 24.5 Å². The average Bonchev–Trinajstić information content (AvgIpc) is 2.83. The molecule has 174 valence electrons. The molecule has 1 aliphatic heterocycles. The molecule has 1 aliphatic rings. The first kappa shape index (κ1) is 23.6. The number of ether oxygens (including phenoxy) is 4. The standard InChI is InChI=1S/C24H26N2O7/c1-4-31-18-12-8-16(9-13-18)22(27)33-14-19-20(23(28)32-5-2)21(26-24(29)25-19)15-6-10-17(30-3)11-7-15/h6-13,21H,4-5,14H2,1-3H3,(H2,25,26,29). The number of hydrogen-bond donors (Lipinski definition) is 2. The van der Waals surface area contributed by atoms with Gasteiger partial charge in [0.2, 0.25) is 0 Å². The molecule has 0 aliphatic carbocycles. The van der Waals surface area contributed by atoms with Gasteiger partial charge < -0.3 is 29.6 Å². The van der Waals surface area contributed by atoms with E-state index in [4.69, 9.17) is 18.9 Å². The second-order valence-corrected chi connectivity index (χ2v) is 6.95. The number of hydrogen-bond acceptors (Lipinski definition) is 7. The maximum Gasteiger partial charge on any atom is 0.338 e. The van der Waals surface area contributed by atoms with Crippen LogP contribution < -0.4 is 20.1 Å². The average molecular weight is 454 g/mol. The van der Waals surface area contributed by atoms with Crippen molar-refractivity contribution in [1.82, 2.24) is 10.6 Å². The lowest BCUT2D eigenvalue weighted by atomic mass is 9.95. The molecule has 2 N–H and O–H groups in total. The summed E-state index contributed by atoms with van der Waals surface area (Å²) in [6, 6.07) is 12.1.